The molecule has 3 aliphatic heterocycles. The molecular formula is C39H34N6O6S2. The van der Waals surface area contributed by atoms with E-state index in [9.17, 15) is 24.3 Å². The number of carboxylic acids is 1. The highest BCUT2D eigenvalue weighted by atomic mass is 32.2. The molecule has 0 bridgehead atoms. The average Bonchev–Trinajstić information content (AvgIpc) is 3.84. The van der Waals surface area contributed by atoms with E-state index in [0.29, 0.717) is 24.1 Å². The molecule has 4 aromatic rings. The van der Waals surface area contributed by atoms with Crippen molar-refractivity contribution < 1.29 is 29.1 Å². The molecule has 268 valence electrons. The van der Waals surface area contributed by atoms with Gasteiger partial charge in [-0.25, -0.2) is 9.78 Å². The summed E-state index contributed by atoms with van der Waals surface area (Å²) >= 11 is 2.44. The molecule has 4 aliphatic rings. The van der Waals surface area contributed by atoms with Gasteiger partial charge in [-0.1, -0.05) is 96.2 Å². The van der Waals surface area contributed by atoms with E-state index < -0.39 is 34.8 Å². The summed E-state index contributed by atoms with van der Waals surface area (Å²) in [7, 11) is 0. The van der Waals surface area contributed by atoms with E-state index in [-0.39, 0.29) is 39.9 Å². The second-order valence-corrected chi connectivity index (χ2v) is 15.1. The second-order valence-electron chi connectivity index (χ2n) is 13.1. The van der Waals surface area contributed by atoms with Crippen LogP contribution in [0, 0.1) is 0 Å². The number of rotatable bonds is 11. The maximum Gasteiger partial charge on any atom is 0.352 e. The van der Waals surface area contributed by atoms with Crippen LogP contribution in [0.5, 0.6) is 0 Å². The molecule has 3 aromatic carbocycles. The first-order chi connectivity index (χ1) is 25.8. The van der Waals surface area contributed by atoms with Gasteiger partial charge < -0.3 is 25.9 Å². The number of nitrogens with two attached hydrogens (primary N) is 1. The lowest BCUT2D eigenvalue weighted by Crippen LogP contribution is -2.71. The number of thioether (sulfide) groups is 1. The standard InChI is InChI=1S/C39H34N6O6S2/c40-38-41-29(22-53-38)30(43-51-39(25-10-4-1-5-11-25,26-12-6-2-7-13-26)27-14-8-3-9-15-27)33(46)42-31-35(48)45-32(37(49)50)24(21-52-36(31)45)20-23-18-19-44(34(23)47)28-16-17-28/h1-15,20,22,28,31,36H,16-19,21H2,(H2,40,41)(H,42,46)(H,49,50)/b23-20-,43-30-/t31-,36-/m1/s1. The number of amides is 3. The number of oxime groups is 1. The third kappa shape index (κ3) is 6.27. The molecule has 4 heterocycles. The first-order valence-electron chi connectivity index (χ1n) is 17.1. The number of aromatic nitrogens is 1. The summed E-state index contributed by atoms with van der Waals surface area (Å²) in [4.78, 5) is 67.4. The van der Waals surface area contributed by atoms with Crippen molar-refractivity contribution in [2.75, 3.05) is 18.0 Å². The van der Waals surface area contributed by atoms with Crippen LogP contribution in [0.1, 0.15) is 41.6 Å². The highest BCUT2D eigenvalue weighted by Crippen LogP contribution is 2.43. The first-order valence-corrected chi connectivity index (χ1v) is 19.1. The first kappa shape index (κ1) is 34.4. The number of anilines is 1. The number of fused-ring (bicyclic) bond motifs is 1. The maximum atomic E-state index is 14.2. The summed E-state index contributed by atoms with van der Waals surface area (Å²) in [5.41, 5.74) is 7.63. The minimum Gasteiger partial charge on any atom is -0.477 e. The smallest absolute Gasteiger partial charge is 0.352 e. The zero-order valence-corrected chi connectivity index (χ0v) is 29.9. The molecule has 12 nitrogen and oxygen atoms in total. The Bertz CT molecular complexity index is 2090. The van der Waals surface area contributed by atoms with Crippen LogP contribution in [0.25, 0.3) is 0 Å². The predicted molar refractivity (Wildman–Crippen MR) is 200 cm³/mol. The summed E-state index contributed by atoms with van der Waals surface area (Å²) in [6.45, 7) is 0.610. The quantitative estimate of drug-likeness (QED) is 0.0659. The number of benzene rings is 3. The Kier molecular flexibility index (Phi) is 9.08. The number of aliphatic carboxylic acids is 1. The fraction of sp³-hybridized carbons (Fsp3) is 0.231. The molecule has 0 spiro atoms. The van der Waals surface area contributed by atoms with Crippen molar-refractivity contribution in [2.24, 2.45) is 5.16 Å². The monoisotopic (exact) mass is 746 g/mol. The molecular weight excluding hydrogens is 713 g/mol. The number of nitrogens with zero attached hydrogens (tertiary/aromatic N) is 4. The van der Waals surface area contributed by atoms with E-state index >= 15 is 0 Å². The van der Waals surface area contributed by atoms with Gasteiger partial charge in [0.15, 0.2) is 10.8 Å². The average molecular weight is 747 g/mol. The number of hydrogen-bond donors (Lipinski definition) is 3. The van der Waals surface area contributed by atoms with E-state index in [0.717, 1.165) is 40.9 Å². The van der Waals surface area contributed by atoms with Crippen LogP contribution >= 0.6 is 23.1 Å². The number of hydrogen-bond acceptors (Lipinski definition) is 10. The van der Waals surface area contributed by atoms with Gasteiger partial charge in [0.05, 0.1) is 0 Å². The number of carboxylic acid groups (broad SMARTS) is 1. The van der Waals surface area contributed by atoms with Gasteiger partial charge >= 0.3 is 5.97 Å². The molecule has 3 amide bonds. The Morgan fingerprint density at radius 3 is 2.09 bits per heavy atom. The van der Waals surface area contributed by atoms with Crippen LogP contribution in [0.15, 0.2) is 124 Å². The van der Waals surface area contributed by atoms with Crippen molar-refractivity contribution in [1.82, 2.24) is 20.1 Å². The number of nitrogen functional groups attached to an aromatic ring is 1. The molecule has 3 fully saturated rings. The SMILES string of the molecule is Nc1nc(/C(=N/OC(c2ccccc2)(c2ccccc2)c2ccccc2)C(=O)N[C@@H]2C(=O)N3C(C(=O)O)=C(/C=C4/CCN(C5CC5)C4=O)CS[C@H]23)cs1. The van der Waals surface area contributed by atoms with E-state index in [2.05, 4.69) is 15.5 Å². The van der Waals surface area contributed by atoms with Crippen LogP contribution < -0.4 is 11.1 Å². The van der Waals surface area contributed by atoms with Crippen molar-refractivity contribution in [1.29, 1.82) is 0 Å². The minimum atomic E-state index is -1.30. The predicted octanol–water partition coefficient (Wildman–Crippen LogP) is 4.50. The minimum absolute atomic E-state index is 0.0792. The number of carbonyl (C=O) groups is 4. The van der Waals surface area contributed by atoms with Crippen LogP contribution in [-0.4, -0.2) is 79.0 Å². The van der Waals surface area contributed by atoms with Crippen molar-refractivity contribution >= 4 is 57.6 Å². The Morgan fingerprint density at radius 2 is 1.57 bits per heavy atom. The van der Waals surface area contributed by atoms with E-state index in [1.54, 1.807) is 11.5 Å². The zero-order chi connectivity index (χ0) is 36.7. The van der Waals surface area contributed by atoms with Crippen molar-refractivity contribution in [3.8, 4) is 0 Å². The van der Waals surface area contributed by atoms with Gasteiger partial charge in [0.1, 0.15) is 22.8 Å². The third-order valence-corrected chi connectivity index (χ3v) is 11.8. The van der Waals surface area contributed by atoms with Crippen LogP contribution in [0.2, 0.25) is 0 Å². The number of allylic oxidation sites excluding steroid dienone is 1. The third-order valence-electron chi connectivity index (χ3n) is 9.78. The van der Waals surface area contributed by atoms with Gasteiger partial charge in [-0.15, -0.1) is 23.1 Å². The molecule has 0 unspecified atom stereocenters. The number of β-lactam (4-membered cyclic amide) rings is 1. The van der Waals surface area contributed by atoms with E-state index in [4.69, 9.17) is 10.6 Å². The van der Waals surface area contributed by atoms with Gasteiger partial charge in [-0.2, -0.15) is 0 Å². The molecule has 8 rings (SSSR count). The van der Waals surface area contributed by atoms with Gasteiger partial charge in [0.2, 0.25) is 11.5 Å². The number of carbonyl (C=O) groups excluding carboxylic acids is 3. The van der Waals surface area contributed by atoms with E-state index in [1.807, 2.05) is 95.9 Å². The highest BCUT2D eigenvalue weighted by Gasteiger charge is 2.54. The molecule has 4 N–H and O–H groups in total. The largest absolute Gasteiger partial charge is 0.477 e. The molecule has 53 heavy (non-hydrogen) atoms. The van der Waals surface area contributed by atoms with Crippen LogP contribution in [-0.2, 0) is 29.6 Å². The molecule has 2 saturated heterocycles. The highest BCUT2D eigenvalue weighted by molar-refractivity contribution is 8.00. The second kappa shape index (κ2) is 14.0. The summed E-state index contributed by atoms with van der Waals surface area (Å²) in [5.74, 6) is -2.46. The molecule has 14 heteroatoms. The van der Waals surface area contributed by atoms with Gasteiger partial charge in [0.25, 0.3) is 11.8 Å². The fourth-order valence-electron chi connectivity index (χ4n) is 7.07. The van der Waals surface area contributed by atoms with Crippen molar-refractivity contribution in [3.63, 3.8) is 0 Å². The van der Waals surface area contributed by atoms with Crippen molar-refractivity contribution in [3.05, 3.63) is 142 Å². The summed E-state index contributed by atoms with van der Waals surface area (Å²) < 4.78 is 0. The van der Waals surface area contributed by atoms with Gasteiger partial charge in [-0.3, -0.25) is 19.3 Å². The summed E-state index contributed by atoms with van der Waals surface area (Å²) in [6, 6.07) is 27.8. The number of likely N-dealkylation sites (tertiary alicyclic amines) is 1. The Morgan fingerprint density at radius 1 is 0.962 bits per heavy atom. The van der Waals surface area contributed by atoms with Crippen molar-refractivity contribution in [2.45, 2.75) is 42.3 Å². The fourth-order valence-corrected chi connectivity index (χ4v) is 8.92. The zero-order valence-electron chi connectivity index (χ0n) is 28.3. The lowest BCUT2D eigenvalue weighted by atomic mass is 9.80. The van der Waals surface area contributed by atoms with E-state index in [1.165, 1.54) is 16.7 Å². The Hall–Kier alpha value is -5.73. The lowest BCUT2D eigenvalue weighted by molar-refractivity contribution is -0.150. The molecule has 1 aliphatic carbocycles. The molecule has 0 radical (unpaired) electrons. The number of nitrogens with one attached hydrogen (secondary N) is 1. The molecule has 2 atom stereocenters. The Balaban J connectivity index is 1.11. The lowest BCUT2D eigenvalue weighted by Gasteiger charge is -2.49. The molecule has 1 saturated carbocycles. The summed E-state index contributed by atoms with van der Waals surface area (Å²) in [6.07, 6.45) is 4.12. The normalized spacial score (nSPS) is 21.1. The Labute approximate surface area is 313 Å². The van der Waals surface area contributed by atoms with Gasteiger partial charge in [0, 0.05) is 46.0 Å². The summed E-state index contributed by atoms with van der Waals surface area (Å²) in [5, 5.41) is 18.6. The van der Waals surface area contributed by atoms with Crippen LogP contribution in [0.3, 0.4) is 0 Å². The maximum absolute atomic E-state index is 14.2. The van der Waals surface area contributed by atoms with Gasteiger partial charge in [-0.05, 0) is 30.9 Å². The molecule has 1 aromatic heterocycles. The van der Waals surface area contributed by atoms with Crippen LogP contribution in [0.4, 0.5) is 5.13 Å². The topological polar surface area (TPSA) is 168 Å². The number of thiazole rings is 1.